The van der Waals surface area contributed by atoms with Crippen LogP contribution in [0.25, 0.3) is 0 Å². The largest absolute Gasteiger partial charge is 0.481 e. The van der Waals surface area contributed by atoms with Crippen LogP contribution >= 0.6 is 0 Å². The third kappa shape index (κ3) is 4.99. The van der Waals surface area contributed by atoms with Gasteiger partial charge in [0.1, 0.15) is 5.75 Å². The fourth-order valence-electron chi connectivity index (χ4n) is 2.63. The van der Waals surface area contributed by atoms with Crippen molar-refractivity contribution in [3.05, 3.63) is 53.6 Å². The Hall–Kier alpha value is -2.49. The van der Waals surface area contributed by atoms with E-state index in [9.17, 15) is 4.79 Å². The zero-order valence-electron chi connectivity index (χ0n) is 15.8. The SMILES string of the molecule is CCN(CC)c1ccc(NC(=O)C(C)Oc2ccc(C)c(C)c2)cc1. The number of nitrogens with one attached hydrogen (secondary N) is 1. The Labute approximate surface area is 150 Å². The summed E-state index contributed by atoms with van der Waals surface area (Å²) in [7, 11) is 0. The molecule has 0 fully saturated rings. The molecule has 0 saturated heterocycles. The molecule has 0 bridgehead atoms. The number of rotatable bonds is 7. The van der Waals surface area contributed by atoms with E-state index in [1.165, 1.54) is 5.56 Å². The number of hydrogen-bond acceptors (Lipinski definition) is 3. The normalized spacial score (nSPS) is 11.7. The van der Waals surface area contributed by atoms with Gasteiger partial charge in [-0.25, -0.2) is 0 Å². The van der Waals surface area contributed by atoms with Crippen molar-refractivity contribution in [1.29, 1.82) is 0 Å². The number of carbonyl (C=O) groups is 1. The summed E-state index contributed by atoms with van der Waals surface area (Å²) >= 11 is 0. The molecule has 2 rings (SSSR count). The molecule has 4 heteroatoms. The van der Waals surface area contributed by atoms with Gasteiger partial charge in [-0.2, -0.15) is 0 Å². The van der Waals surface area contributed by atoms with Gasteiger partial charge in [0.05, 0.1) is 0 Å². The number of anilines is 2. The third-order valence-corrected chi connectivity index (χ3v) is 4.42. The first-order valence-corrected chi connectivity index (χ1v) is 8.84. The second kappa shape index (κ2) is 8.56. The first kappa shape index (κ1) is 18.8. The minimum Gasteiger partial charge on any atom is -0.481 e. The van der Waals surface area contributed by atoms with E-state index >= 15 is 0 Å². The van der Waals surface area contributed by atoms with E-state index in [2.05, 4.69) is 31.0 Å². The zero-order chi connectivity index (χ0) is 18.4. The van der Waals surface area contributed by atoms with Crippen LogP contribution in [0.2, 0.25) is 0 Å². The van der Waals surface area contributed by atoms with Crippen molar-refractivity contribution in [3.8, 4) is 5.75 Å². The molecule has 1 atom stereocenters. The molecule has 1 N–H and O–H groups in total. The summed E-state index contributed by atoms with van der Waals surface area (Å²) in [5.41, 5.74) is 4.29. The summed E-state index contributed by atoms with van der Waals surface area (Å²) in [6.45, 7) is 12.0. The predicted molar refractivity (Wildman–Crippen MR) is 105 cm³/mol. The molecule has 25 heavy (non-hydrogen) atoms. The minimum atomic E-state index is -0.565. The van der Waals surface area contributed by atoms with Crippen LogP contribution in [0.1, 0.15) is 31.9 Å². The van der Waals surface area contributed by atoms with E-state index in [1.54, 1.807) is 6.92 Å². The number of hydrogen-bond donors (Lipinski definition) is 1. The molecule has 0 aliphatic carbocycles. The van der Waals surface area contributed by atoms with Crippen LogP contribution in [0, 0.1) is 13.8 Å². The van der Waals surface area contributed by atoms with Gasteiger partial charge >= 0.3 is 0 Å². The van der Waals surface area contributed by atoms with Crippen molar-refractivity contribution in [3.63, 3.8) is 0 Å². The van der Waals surface area contributed by atoms with E-state index < -0.39 is 6.10 Å². The van der Waals surface area contributed by atoms with Crippen molar-refractivity contribution in [2.24, 2.45) is 0 Å². The highest BCUT2D eigenvalue weighted by molar-refractivity contribution is 5.94. The van der Waals surface area contributed by atoms with Gasteiger partial charge < -0.3 is 15.0 Å². The first-order valence-electron chi connectivity index (χ1n) is 8.84. The molecule has 134 valence electrons. The quantitative estimate of drug-likeness (QED) is 0.803. The third-order valence-electron chi connectivity index (χ3n) is 4.42. The Bertz CT molecular complexity index is 706. The number of amides is 1. The molecular weight excluding hydrogens is 312 g/mol. The maximum atomic E-state index is 12.4. The molecule has 0 radical (unpaired) electrons. The number of aryl methyl sites for hydroxylation is 2. The fourth-order valence-corrected chi connectivity index (χ4v) is 2.63. The first-order chi connectivity index (χ1) is 11.9. The molecule has 0 aliphatic heterocycles. The number of ether oxygens (including phenoxy) is 1. The van der Waals surface area contributed by atoms with Crippen molar-refractivity contribution >= 4 is 17.3 Å². The number of carbonyl (C=O) groups excluding carboxylic acids is 1. The fraction of sp³-hybridized carbons (Fsp3) is 0.381. The predicted octanol–water partition coefficient (Wildman–Crippen LogP) is 4.56. The Balaban J connectivity index is 1.97. The molecule has 2 aromatic carbocycles. The molecule has 0 heterocycles. The Kier molecular flexibility index (Phi) is 6.45. The Morgan fingerprint density at radius 2 is 1.68 bits per heavy atom. The van der Waals surface area contributed by atoms with Crippen molar-refractivity contribution in [2.75, 3.05) is 23.3 Å². The smallest absolute Gasteiger partial charge is 0.265 e. The van der Waals surface area contributed by atoms with Crippen LogP contribution in [0.15, 0.2) is 42.5 Å². The maximum absolute atomic E-state index is 12.4. The lowest BCUT2D eigenvalue weighted by Crippen LogP contribution is -2.30. The molecule has 0 aromatic heterocycles. The molecular formula is C21H28N2O2. The molecule has 1 amide bonds. The van der Waals surface area contributed by atoms with E-state index in [4.69, 9.17) is 4.74 Å². The monoisotopic (exact) mass is 340 g/mol. The van der Waals surface area contributed by atoms with Gasteiger partial charge in [0, 0.05) is 24.5 Å². The molecule has 0 spiro atoms. The van der Waals surface area contributed by atoms with Crippen LogP contribution in [0.3, 0.4) is 0 Å². The average Bonchev–Trinajstić information content (AvgIpc) is 2.60. The molecule has 0 aliphatic rings. The topological polar surface area (TPSA) is 41.6 Å². The summed E-state index contributed by atoms with van der Waals surface area (Å²) in [6.07, 6.45) is -0.565. The summed E-state index contributed by atoms with van der Waals surface area (Å²) in [6, 6.07) is 13.8. The van der Waals surface area contributed by atoms with Crippen LogP contribution < -0.4 is 15.0 Å². The number of nitrogens with zero attached hydrogens (tertiary/aromatic N) is 1. The highest BCUT2D eigenvalue weighted by atomic mass is 16.5. The van der Waals surface area contributed by atoms with Gasteiger partial charge in [0.25, 0.3) is 5.91 Å². The van der Waals surface area contributed by atoms with Gasteiger partial charge in [-0.3, -0.25) is 4.79 Å². The zero-order valence-corrected chi connectivity index (χ0v) is 15.8. The van der Waals surface area contributed by atoms with Crippen LogP contribution in [-0.2, 0) is 4.79 Å². The van der Waals surface area contributed by atoms with Gasteiger partial charge in [0.2, 0.25) is 0 Å². The molecule has 0 saturated carbocycles. The van der Waals surface area contributed by atoms with E-state index in [1.807, 2.05) is 49.4 Å². The summed E-state index contributed by atoms with van der Waals surface area (Å²) in [4.78, 5) is 14.6. The minimum absolute atomic E-state index is 0.159. The second-order valence-electron chi connectivity index (χ2n) is 6.21. The van der Waals surface area contributed by atoms with Crippen molar-refractivity contribution < 1.29 is 9.53 Å². The highest BCUT2D eigenvalue weighted by Gasteiger charge is 2.15. The van der Waals surface area contributed by atoms with E-state index in [-0.39, 0.29) is 5.91 Å². The van der Waals surface area contributed by atoms with E-state index in [0.717, 1.165) is 30.0 Å². The van der Waals surface area contributed by atoms with Gasteiger partial charge in [-0.05, 0) is 82.1 Å². The molecule has 1 unspecified atom stereocenters. The summed E-state index contributed by atoms with van der Waals surface area (Å²) < 4.78 is 5.76. The van der Waals surface area contributed by atoms with Gasteiger partial charge in [-0.15, -0.1) is 0 Å². The Morgan fingerprint density at radius 3 is 2.24 bits per heavy atom. The van der Waals surface area contributed by atoms with Crippen LogP contribution in [0.5, 0.6) is 5.75 Å². The standard InChI is InChI=1S/C21H28N2O2/c1-6-23(7-2)19-11-9-18(10-12-19)22-21(24)17(5)25-20-13-8-15(3)16(4)14-20/h8-14,17H,6-7H2,1-5H3,(H,22,24). The average molecular weight is 340 g/mol. The lowest BCUT2D eigenvalue weighted by Gasteiger charge is -2.21. The molecule has 4 nitrogen and oxygen atoms in total. The lowest BCUT2D eigenvalue weighted by atomic mass is 10.1. The maximum Gasteiger partial charge on any atom is 0.265 e. The van der Waals surface area contributed by atoms with Crippen LogP contribution in [0.4, 0.5) is 11.4 Å². The lowest BCUT2D eigenvalue weighted by molar-refractivity contribution is -0.122. The van der Waals surface area contributed by atoms with Crippen molar-refractivity contribution in [2.45, 2.75) is 40.7 Å². The highest BCUT2D eigenvalue weighted by Crippen LogP contribution is 2.20. The molecule has 2 aromatic rings. The number of benzene rings is 2. The van der Waals surface area contributed by atoms with Crippen LogP contribution in [-0.4, -0.2) is 25.1 Å². The van der Waals surface area contributed by atoms with Gasteiger partial charge in [0.15, 0.2) is 6.10 Å². The van der Waals surface area contributed by atoms with E-state index in [0.29, 0.717) is 5.75 Å². The summed E-state index contributed by atoms with van der Waals surface area (Å²) in [5, 5.41) is 2.91. The second-order valence-corrected chi connectivity index (χ2v) is 6.21. The summed E-state index contributed by atoms with van der Waals surface area (Å²) in [5.74, 6) is 0.552. The Morgan fingerprint density at radius 1 is 1.04 bits per heavy atom. The van der Waals surface area contributed by atoms with Crippen molar-refractivity contribution in [1.82, 2.24) is 0 Å². The van der Waals surface area contributed by atoms with Gasteiger partial charge in [-0.1, -0.05) is 6.07 Å².